The SMILES string of the molecule is O=C(NNC(=O)C1CC(=O)N(c2ccc(F)cc2F)C1)c1ccc(F)cc1. The normalized spacial score (nSPS) is 16.3. The molecule has 1 heterocycles. The summed E-state index contributed by atoms with van der Waals surface area (Å²) in [4.78, 5) is 37.2. The van der Waals surface area contributed by atoms with Crippen molar-refractivity contribution in [2.24, 2.45) is 5.92 Å². The maximum absolute atomic E-state index is 13.9. The molecule has 2 N–H and O–H groups in total. The summed E-state index contributed by atoms with van der Waals surface area (Å²) in [5, 5.41) is 0. The van der Waals surface area contributed by atoms with E-state index in [1.807, 2.05) is 0 Å². The Morgan fingerprint density at radius 1 is 0.963 bits per heavy atom. The molecule has 1 atom stereocenters. The van der Waals surface area contributed by atoms with Crippen LogP contribution in [0.25, 0.3) is 0 Å². The highest BCUT2D eigenvalue weighted by Gasteiger charge is 2.36. The van der Waals surface area contributed by atoms with Crippen molar-refractivity contribution in [3.63, 3.8) is 0 Å². The van der Waals surface area contributed by atoms with Crippen molar-refractivity contribution in [3.8, 4) is 0 Å². The van der Waals surface area contributed by atoms with Gasteiger partial charge in [-0.25, -0.2) is 13.2 Å². The minimum Gasteiger partial charge on any atom is -0.309 e. The van der Waals surface area contributed by atoms with Gasteiger partial charge in [-0.15, -0.1) is 0 Å². The Bertz CT molecular complexity index is 902. The van der Waals surface area contributed by atoms with E-state index in [0.29, 0.717) is 6.07 Å². The highest BCUT2D eigenvalue weighted by atomic mass is 19.1. The second kappa shape index (κ2) is 7.48. The van der Waals surface area contributed by atoms with E-state index in [1.165, 1.54) is 12.1 Å². The van der Waals surface area contributed by atoms with Gasteiger partial charge in [0, 0.05) is 24.6 Å². The Kier molecular flexibility index (Phi) is 5.11. The number of benzene rings is 2. The molecule has 140 valence electrons. The van der Waals surface area contributed by atoms with Crippen LogP contribution in [-0.2, 0) is 9.59 Å². The first-order valence-electron chi connectivity index (χ1n) is 7.96. The zero-order valence-electron chi connectivity index (χ0n) is 13.8. The van der Waals surface area contributed by atoms with Gasteiger partial charge in [-0.05, 0) is 36.4 Å². The van der Waals surface area contributed by atoms with Crippen LogP contribution in [0.4, 0.5) is 18.9 Å². The summed E-state index contributed by atoms with van der Waals surface area (Å²) in [6.07, 6.45) is -0.185. The molecule has 3 amide bonds. The Balaban J connectivity index is 1.60. The Labute approximate surface area is 151 Å². The van der Waals surface area contributed by atoms with Crippen molar-refractivity contribution >= 4 is 23.4 Å². The van der Waals surface area contributed by atoms with Gasteiger partial charge >= 0.3 is 0 Å². The topological polar surface area (TPSA) is 78.5 Å². The summed E-state index contributed by atoms with van der Waals surface area (Å²) in [5.41, 5.74) is 4.37. The van der Waals surface area contributed by atoms with Crippen molar-refractivity contribution in [1.82, 2.24) is 10.9 Å². The Morgan fingerprint density at radius 2 is 1.63 bits per heavy atom. The van der Waals surface area contributed by atoms with Gasteiger partial charge in [-0.3, -0.25) is 25.2 Å². The summed E-state index contributed by atoms with van der Waals surface area (Å²) in [5.74, 6) is -4.80. The van der Waals surface area contributed by atoms with Crippen LogP contribution in [-0.4, -0.2) is 24.3 Å². The molecule has 0 spiro atoms. The van der Waals surface area contributed by atoms with Gasteiger partial charge < -0.3 is 4.90 Å². The molecule has 0 saturated carbocycles. The molecule has 3 rings (SSSR count). The van der Waals surface area contributed by atoms with Crippen LogP contribution < -0.4 is 15.8 Å². The number of hydrazine groups is 1. The molecule has 6 nitrogen and oxygen atoms in total. The number of hydrogen-bond donors (Lipinski definition) is 2. The van der Waals surface area contributed by atoms with Gasteiger partial charge in [0.25, 0.3) is 5.91 Å². The van der Waals surface area contributed by atoms with Gasteiger partial charge in [-0.2, -0.15) is 0 Å². The number of nitrogens with zero attached hydrogens (tertiary/aromatic N) is 1. The average Bonchev–Trinajstić information content (AvgIpc) is 3.01. The lowest BCUT2D eigenvalue weighted by atomic mass is 10.1. The lowest BCUT2D eigenvalue weighted by molar-refractivity contribution is -0.126. The summed E-state index contributed by atoms with van der Waals surface area (Å²) < 4.78 is 39.7. The van der Waals surface area contributed by atoms with Crippen LogP contribution in [0.1, 0.15) is 16.8 Å². The first kappa shape index (κ1) is 18.4. The number of carbonyl (C=O) groups is 3. The maximum atomic E-state index is 13.9. The monoisotopic (exact) mass is 377 g/mol. The van der Waals surface area contributed by atoms with Crippen molar-refractivity contribution in [1.29, 1.82) is 0 Å². The lowest BCUT2D eigenvalue weighted by Gasteiger charge is -2.17. The second-order valence-corrected chi connectivity index (χ2v) is 5.95. The quantitative estimate of drug-likeness (QED) is 0.803. The van der Waals surface area contributed by atoms with Gasteiger partial charge in [0.05, 0.1) is 11.6 Å². The largest absolute Gasteiger partial charge is 0.309 e. The van der Waals surface area contributed by atoms with E-state index >= 15 is 0 Å². The van der Waals surface area contributed by atoms with Crippen LogP contribution in [0, 0.1) is 23.4 Å². The zero-order valence-corrected chi connectivity index (χ0v) is 13.8. The third-order valence-corrected chi connectivity index (χ3v) is 4.10. The Morgan fingerprint density at radius 3 is 2.30 bits per heavy atom. The molecule has 0 aliphatic carbocycles. The van der Waals surface area contributed by atoms with E-state index < -0.39 is 41.1 Å². The lowest BCUT2D eigenvalue weighted by Crippen LogP contribution is -2.45. The molecule has 2 aromatic rings. The fourth-order valence-corrected chi connectivity index (χ4v) is 2.71. The minimum absolute atomic E-state index is 0.111. The molecule has 1 saturated heterocycles. The molecule has 0 radical (unpaired) electrons. The van der Waals surface area contributed by atoms with E-state index in [-0.39, 0.29) is 24.2 Å². The van der Waals surface area contributed by atoms with Crippen LogP contribution >= 0.6 is 0 Å². The molecule has 2 aromatic carbocycles. The number of nitrogens with one attached hydrogen (secondary N) is 2. The van der Waals surface area contributed by atoms with Gasteiger partial charge in [-0.1, -0.05) is 0 Å². The Hall–Kier alpha value is -3.36. The molecule has 1 aliphatic heterocycles. The smallest absolute Gasteiger partial charge is 0.269 e. The first-order valence-corrected chi connectivity index (χ1v) is 7.96. The third-order valence-electron chi connectivity index (χ3n) is 4.10. The van der Waals surface area contributed by atoms with Crippen LogP contribution in [0.15, 0.2) is 42.5 Å². The highest BCUT2D eigenvalue weighted by molar-refractivity contribution is 6.01. The minimum atomic E-state index is -0.908. The van der Waals surface area contributed by atoms with E-state index in [1.54, 1.807) is 0 Å². The molecular formula is C18H14F3N3O3. The van der Waals surface area contributed by atoms with Crippen LogP contribution in [0.3, 0.4) is 0 Å². The summed E-state index contributed by atoms with van der Waals surface area (Å²) in [6, 6.07) is 7.48. The number of rotatable bonds is 3. The predicted octanol–water partition coefficient (Wildman–Crippen LogP) is 1.92. The van der Waals surface area contributed by atoms with Crippen LogP contribution in [0.5, 0.6) is 0 Å². The van der Waals surface area contributed by atoms with Crippen molar-refractivity contribution in [3.05, 3.63) is 65.5 Å². The van der Waals surface area contributed by atoms with Gasteiger partial charge in [0.15, 0.2) is 0 Å². The fourth-order valence-electron chi connectivity index (χ4n) is 2.71. The summed E-state index contributed by atoms with van der Waals surface area (Å²) in [6.45, 7) is -0.111. The molecule has 27 heavy (non-hydrogen) atoms. The summed E-state index contributed by atoms with van der Waals surface area (Å²) in [7, 11) is 0. The van der Waals surface area contributed by atoms with E-state index in [4.69, 9.17) is 0 Å². The number of halogens is 3. The van der Waals surface area contributed by atoms with Crippen molar-refractivity contribution in [2.75, 3.05) is 11.4 Å². The molecule has 0 aromatic heterocycles. The van der Waals surface area contributed by atoms with Gasteiger partial charge in [0.2, 0.25) is 11.8 Å². The van der Waals surface area contributed by atoms with Crippen LogP contribution in [0.2, 0.25) is 0 Å². The molecule has 1 unspecified atom stereocenters. The number of hydrogen-bond acceptors (Lipinski definition) is 3. The van der Waals surface area contributed by atoms with Crippen molar-refractivity contribution < 1.29 is 27.6 Å². The molecule has 9 heteroatoms. The number of anilines is 1. The maximum Gasteiger partial charge on any atom is 0.269 e. The predicted molar refractivity (Wildman–Crippen MR) is 88.8 cm³/mol. The molecular weight excluding hydrogens is 363 g/mol. The average molecular weight is 377 g/mol. The molecule has 0 bridgehead atoms. The second-order valence-electron chi connectivity index (χ2n) is 5.95. The summed E-state index contributed by atoms with van der Waals surface area (Å²) >= 11 is 0. The van der Waals surface area contributed by atoms with E-state index in [2.05, 4.69) is 10.9 Å². The van der Waals surface area contributed by atoms with Gasteiger partial charge in [0.1, 0.15) is 17.5 Å². The zero-order chi connectivity index (χ0) is 19.6. The highest BCUT2D eigenvalue weighted by Crippen LogP contribution is 2.27. The first-order chi connectivity index (χ1) is 12.8. The third kappa shape index (κ3) is 4.08. The molecule has 1 aliphatic rings. The number of amides is 3. The van der Waals surface area contributed by atoms with Crippen molar-refractivity contribution in [2.45, 2.75) is 6.42 Å². The fraction of sp³-hybridized carbons (Fsp3) is 0.167. The van der Waals surface area contributed by atoms with E-state index in [9.17, 15) is 27.6 Å². The van der Waals surface area contributed by atoms with E-state index in [0.717, 1.165) is 29.2 Å². The molecule has 1 fully saturated rings. The standard InChI is InChI=1S/C18H14F3N3O3/c19-12-3-1-10(2-4-12)17(26)22-23-18(27)11-7-16(25)24(9-11)15-6-5-13(20)8-14(15)21/h1-6,8,11H,7,9H2,(H,22,26)(H,23,27). The number of carbonyl (C=O) groups excluding carboxylic acids is 3.